The van der Waals surface area contributed by atoms with Crippen LogP contribution in [0.3, 0.4) is 0 Å². The molecular weight excluding hydrogens is 297 g/mol. The van der Waals surface area contributed by atoms with E-state index >= 15 is 0 Å². The van der Waals surface area contributed by atoms with Gasteiger partial charge < -0.3 is 5.11 Å². The summed E-state index contributed by atoms with van der Waals surface area (Å²) >= 11 is 12.2. The first-order chi connectivity index (χ1) is 9.49. The quantitative estimate of drug-likeness (QED) is 0.886. The van der Waals surface area contributed by atoms with Crippen molar-refractivity contribution in [3.05, 3.63) is 39.0 Å². The minimum absolute atomic E-state index is 0.269. The molecule has 1 aromatic heterocycles. The van der Waals surface area contributed by atoms with E-state index in [1.807, 2.05) is 13.8 Å². The molecule has 5 heteroatoms. The molecule has 0 aliphatic carbocycles. The molecule has 0 amide bonds. The fourth-order valence-electron chi connectivity index (χ4n) is 2.45. The average Bonchev–Trinajstić information content (AvgIpc) is 2.38. The highest BCUT2D eigenvalue weighted by atomic mass is 35.5. The van der Waals surface area contributed by atoms with Crippen LogP contribution in [0, 0.1) is 0 Å². The molecule has 0 fully saturated rings. The second kappa shape index (κ2) is 5.98. The second-order valence-electron chi connectivity index (χ2n) is 4.60. The zero-order valence-corrected chi connectivity index (χ0v) is 12.8. The lowest BCUT2D eigenvalue weighted by atomic mass is 9.96. The summed E-state index contributed by atoms with van der Waals surface area (Å²) in [5.74, 6) is -0.968. The summed E-state index contributed by atoms with van der Waals surface area (Å²) in [6.07, 6.45) is 2.25. The minimum Gasteiger partial charge on any atom is -0.478 e. The van der Waals surface area contributed by atoms with Crippen LogP contribution >= 0.6 is 23.2 Å². The van der Waals surface area contributed by atoms with E-state index in [-0.39, 0.29) is 5.56 Å². The lowest BCUT2D eigenvalue weighted by molar-refractivity contribution is 0.0697. The van der Waals surface area contributed by atoms with Crippen LogP contribution in [0.1, 0.15) is 41.9 Å². The molecule has 0 aliphatic rings. The standard InChI is InChI=1S/C15H15Cl2NO2/c1-3-5-12-9(4-2)13(15(19)20)10-6-8(16)7-11(17)14(10)18-12/h6-7H,3-5H2,1-2H3,(H,19,20). The Balaban J connectivity index is 2.94. The Kier molecular flexibility index (Phi) is 4.51. The second-order valence-corrected chi connectivity index (χ2v) is 5.45. The number of pyridine rings is 1. The van der Waals surface area contributed by atoms with Crippen molar-refractivity contribution in [3.63, 3.8) is 0 Å². The summed E-state index contributed by atoms with van der Waals surface area (Å²) < 4.78 is 0. The molecular formula is C15H15Cl2NO2. The van der Waals surface area contributed by atoms with Crippen LogP contribution in [0.25, 0.3) is 10.9 Å². The molecule has 0 spiro atoms. The molecule has 0 radical (unpaired) electrons. The number of aryl methyl sites for hydroxylation is 1. The maximum absolute atomic E-state index is 11.7. The fraction of sp³-hybridized carbons (Fsp3) is 0.333. The van der Waals surface area contributed by atoms with Gasteiger partial charge in [-0.2, -0.15) is 0 Å². The Morgan fingerprint density at radius 2 is 2.00 bits per heavy atom. The maximum Gasteiger partial charge on any atom is 0.336 e. The number of carbonyl (C=O) groups is 1. The highest BCUT2D eigenvalue weighted by Gasteiger charge is 2.20. The third-order valence-electron chi connectivity index (χ3n) is 3.25. The first-order valence-electron chi connectivity index (χ1n) is 6.53. The first kappa shape index (κ1) is 15.1. The Hall–Kier alpha value is -1.32. The van der Waals surface area contributed by atoms with Gasteiger partial charge in [0, 0.05) is 16.1 Å². The van der Waals surface area contributed by atoms with Crippen molar-refractivity contribution in [1.82, 2.24) is 4.98 Å². The zero-order chi connectivity index (χ0) is 14.9. The monoisotopic (exact) mass is 311 g/mol. The number of carboxylic acids is 1. The third kappa shape index (κ3) is 2.60. The molecule has 106 valence electrons. The lowest BCUT2D eigenvalue weighted by Crippen LogP contribution is -2.09. The van der Waals surface area contributed by atoms with Crippen LogP contribution in [0.15, 0.2) is 12.1 Å². The molecule has 0 aliphatic heterocycles. The molecule has 2 aromatic rings. The van der Waals surface area contributed by atoms with E-state index in [9.17, 15) is 9.90 Å². The van der Waals surface area contributed by atoms with Crippen molar-refractivity contribution in [1.29, 1.82) is 0 Å². The van der Waals surface area contributed by atoms with Gasteiger partial charge in [-0.05, 0) is 30.5 Å². The number of aromatic carboxylic acids is 1. The fourth-order valence-corrected chi connectivity index (χ4v) is 2.98. The van der Waals surface area contributed by atoms with E-state index in [1.165, 1.54) is 0 Å². The molecule has 1 N–H and O–H groups in total. The number of hydrogen-bond donors (Lipinski definition) is 1. The molecule has 0 unspecified atom stereocenters. The summed E-state index contributed by atoms with van der Waals surface area (Å²) in [6.45, 7) is 3.97. The van der Waals surface area contributed by atoms with Crippen LogP contribution in [0.2, 0.25) is 10.0 Å². The summed E-state index contributed by atoms with van der Waals surface area (Å²) in [4.78, 5) is 16.2. The number of carboxylic acid groups (broad SMARTS) is 1. The number of aromatic nitrogens is 1. The largest absolute Gasteiger partial charge is 0.478 e. The molecule has 0 atom stereocenters. The van der Waals surface area contributed by atoms with E-state index < -0.39 is 5.97 Å². The third-order valence-corrected chi connectivity index (χ3v) is 3.75. The van der Waals surface area contributed by atoms with Gasteiger partial charge in [-0.25, -0.2) is 4.79 Å². The van der Waals surface area contributed by atoms with Gasteiger partial charge in [0.1, 0.15) is 0 Å². The summed E-state index contributed by atoms with van der Waals surface area (Å²) in [6, 6.07) is 3.21. The van der Waals surface area contributed by atoms with Crippen molar-refractivity contribution in [2.24, 2.45) is 0 Å². The van der Waals surface area contributed by atoms with E-state index in [0.717, 1.165) is 24.1 Å². The topological polar surface area (TPSA) is 50.2 Å². The van der Waals surface area contributed by atoms with Crippen molar-refractivity contribution < 1.29 is 9.90 Å². The summed E-state index contributed by atoms with van der Waals surface area (Å²) in [5.41, 5.74) is 2.36. The van der Waals surface area contributed by atoms with Crippen LogP contribution in [-0.4, -0.2) is 16.1 Å². The zero-order valence-electron chi connectivity index (χ0n) is 11.3. The summed E-state index contributed by atoms with van der Waals surface area (Å²) in [5, 5.41) is 10.9. The Morgan fingerprint density at radius 1 is 1.30 bits per heavy atom. The van der Waals surface area contributed by atoms with Crippen LogP contribution in [-0.2, 0) is 12.8 Å². The lowest BCUT2D eigenvalue weighted by Gasteiger charge is -2.14. The van der Waals surface area contributed by atoms with Crippen molar-refractivity contribution >= 4 is 40.1 Å². The van der Waals surface area contributed by atoms with E-state index in [0.29, 0.717) is 27.4 Å². The minimum atomic E-state index is -0.968. The first-order valence-corrected chi connectivity index (χ1v) is 7.28. The van der Waals surface area contributed by atoms with Gasteiger partial charge in [0.2, 0.25) is 0 Å². The predicted molar refractivity (Wildman–Crippen MR) is 82.1 cm³/mol. The highest BCUT2D eigenvalue weighted by molar-refractivity contribution is 6.38. The van der Waals surface area contributed by atoms with Crippen LogP contribution in [0.5, 0.6) is 0 Å². The van der Waals surface area contributed by atoms with Crippen LogP contribution in [0.4, 0.5) is 0 Å². The molecule has 0 bridgehead atoms. The normalized spacial score (nSPS) is 11.0. The maximum atomic E-state index is 11.7. The molecule has 0 saturated heterocycles. The smallest absolute Gasteiger partial charge is 0.336 e. The van der Waals surface area contributed by atoms with E-state index in [2.05, 4.69) is 4.98 Å². The predicted octanol–water partition coefficient (Wildman–Crippen LogP) is 4.75. The highest BCUT2D eigenvalue weighted by Crippen LogP contribution is 2.32. The Morgan fingerprint density at radius 3 is 2.55 bits per heavy atom. The molecule has 20 heavy (non-hydrogen) atoms. The van der Waals surface area contributed by atoms with Gasteiger partial charge in [-0.1, -0.05) is 43.5 Å². The number of nitrogens with zero attached hydrogens (tertiary/aromatic N) is 1. The number of fused-ring (bicyclic) bond motifs is 1. The van der Waals surface area contributed by atoms with Gasteiger partial charge in [-0.15, -0.1) is 0 Å². The molecule has 0 saturated carbocycles. The average molecular weight is 312 g/mol. The van der Waals surface area contributed by atoms with Crippen LogP contribution < -0.4 is 0 Å². The van der Waals surface area contributed by atoms with E-state index in [1.54, 1.807) is 12.1 Å². The van der Waals surface area contributed by atoms with E-state index in [4.69, 9.17) is 23.2 Å². The van der Waals surface area contributed by atoms with Crippen molar-refractivity contribution in [3.8, 4) is 0 Å². The number of benzene rings is 1. The molecule has 2 rings (SSSR count). The van der Waals surface area contributed by atoms with Crippen molar-refractivity contribution in [2.75, 3.05) is 0 Å². The number of rotatable bonds is 4. The van der Waals surface area contributed by atoms with Crippen molar-refractivity contribution in [2.45, 2.75) is 33.1 Å². The SMILES string of the molecule is CCCc1nc2c(Cl)cc(Cl)cc2c(C(=O)O)c1CC. The van der Waals surface area contributed by atoms with Gasteiger partial charge in [-0.3, -0.25) is 4.98 Å². The van der Waals surface area contributed by atoms with Gasteiger partial charge in [0.25, 0.3) is 0 Å². The molecule has 3 nitrogen and oxygen atoms in total. The Labute approximate surface area is 127 Å². The van der Waals surface area contributed by atoms with Gasteiger partial charge in [0.15, 0.2) is 0 Å². The van der Waals surface area contributed by atoms with Gasteiger partial charge >= 0.3 is 5.97 Å². The van der Waals surface area contributed by atoms with Gasteiger partial charge in [0.05, 0.1) is 16.1 Å². The summed E-state index contributed by atoms with van der Waals surface area (Å²) in [7, 11) is 0. The molecule has 1 heterocycles. The number of halogens is 2. The Bertz CT molecular complexity index is 683. The number of hydrogen-bond acceptors (Lipinski definition) is 2. The molecule has 1 aromatic carbocycles.